The second kappa shape index (κ2) is 15.2. The Morgan fingerprint density at radius 2 is 1.50 bits per heavy atom. The summed E-state index contributed by atoms with van der Waals surface area (Å²) in [5, 5.41) is 0.328. The number of methoxy groups -OCH3 is 3. The maximum absolute atomic E-state index is 14.6. The monoisotopic (exact) mass is 665 g/mol. The predicted molar refractivity (Wildman–Crippen MR) is 178 cm³/mol. The van der Waals surface area contributed by atoms with Crippen LogP contribution in [0, 0.1) is 5.82 Å². The number of hydrogen-bond donors (Lipinski definition) is 0. The summed E-state index contributed by atoms with van der Waals surface area (Å²) in [7, 11) is 4.95. The number of para-hydroxylation sites is 1. The normalized spacial score (nSPS) is 12.7. The third kappa shape index (κ3) is 7.79. The molecule has 0 saturated heterocycles. The quantitative estimate of drug-likeness (QED) is 0.196. The number of halogens is 3. The third-order valence-corrected chi connectivity index (χ3v) is 8.84. The van der Waals surface area contributed by atoms with Crippen LogP contribution in [0.2, 0.25) is 5.02 Å². The van der Waals surface area contributed by atoms with Crippen molar-refractivity contribution in [3.05, 3.63) is 117 Å². The highest BCUT2D eigenvalue weighted by Crippen LogP contribution is 2.36. The molecule has 0 fully saturated rings. The molecule has 1 heterocycles. The van der Waals surface area contributed by atoms with Gasteiger partial charge >= 0.3 is 0 Å². The second-order valence-corrected chi connectivity index (χ2v) is 12.8. The van der Waals surface area contributed by atoms with Crippen molar-refractivity contribution >= 4 is 17.3 Å². The molecule has 0 unspecified atom stereocenters. The van der Waals surface area contributed by atoms with Crippen molar-refractivity contribution in [1.29, 1.82) is 0 Å². The molecule has 0 spiro atoms. The van der Waals surface area contributed by atoms with Crippen molar-refractivity contribution in [2.24, 2.45) is 0 Å². The van der Waals surface area contributed by atoms with Gasteiger partial charge < -0.3 is 31.4 Å². The molecule has 1 aliphatic heterocycles. The molecule has 0 aromatic heterocycles. The summed E-state index contributed by atoms with van der Waals surface area (Å²) < 4.78 is 40.3. The summed E-state index contributed by atoms with van der Waals surface area (Å²) in [5.41, 5.74) is 7.59. The molecule has 1 aliphatic rings. The first kappa shape index (κ1) is 35.1. The summed E-state index contributed by atoms with van der Waals surface area (Å²) in [4.78, 5) is 0. The number of fused-ring (bicyclic) bond motifs is 1. The largest absolute Gasteiger partial charge is 1.00 e. The predicted octanol–water partition coefficient (Wildman–Crippen LogP) is 5.58. The fourth-order valence-corrected chi connectivity index (χ4v) is 6.11. The van der Waals surface area contributed by atoms with Crippen LogP contribution in [-0.4, -0.2) is 38.2 Å². The second-order valence-electron chi connectivity index (χ2n) is 12.4. The lowest BCUT2D eigenvalue weighted by molar-refractivity contribution is -0.545. The Bertz CT molecular complexity index is 1680. The average molecular weight is 667 g/mol. The highest BCUT2D eigenvalue weighted by atomic mass is 35.5. The van der Waals surface area contributed by atoms with Crippen LogP contribution in [0.4, 0.5) is 4.39 Å². The van der Waals surface area contributed by atoms with Gasteiger partial charge in [0.1, 0.15) is 19.0 Å². The fraction of sp³-hybridized carbons (Fsp3) is 0.342. The molecule has 0 radical (unpaired) electrons. The van der Waals surface area contributed by atoms with E-state index in [1.807, 2.05) is 18.2 Å². The molecular weight excluding hydrogens is 624 g/mol. The fourth-order valence-electron chi connectivity index (χ4n) is 5.89. The summed E-state index contributed by atoms with van der Waals surface area (Å²) in [6.45, 7) is 8.09. The lowest BCUT2D eigenvalue weighted by Gasteiger charge is -2.22. The minimum atomic E-state index is -0.401. The molecule has 46 heavy (non-hydrogen) atoms. The van der Waals surface area contributed by atoms with Crippen molar-refractivity contribution < 1.29 is 40.3 Å². The van der Waals surface area contributed by atoms with Crippen LogP contribution < -0.4 is 31.4 Å². The molecule has 0 N–H and O–H groups in total. The zero-order valence-corrected chi connectivity index (χ0v) is 28.9. The molecule has 4 aromatic carbocycles. The Morgan fingerprint density at radius 3 is 2.15 bits per heavy atom. The topological polar surface area (TPSA) is 39.9 Å². The number of rotatable bonds is 11. The minimum absolute atomic E-state index is 0. The summed E-state index contributed by atoms with van der Waals surface area (Å²) in [6.07, 6.45) is 2.57. The van der Waals surface area contributed by atoms with Gasteiger partial charge in [-0.3, -0.25) is 0 Å². The van der Waals surface area contributed by atoms with Gasteiger partial charge in [0.25, 0.3) is 0 Å². The van der Waals surface area contributed by atoms with Crippen LogP contribution >= 0.6 is 11.6 Å². The molecule has 0 saturated carbocycles. The number of aryl methyl sites for hydroxylation is 1. The van der Waals surface area contributed by atoms with Crippen LogP contribution in [0.25, 0.3) is 0 Å². The zero-order chi connectivity index (χ0) is 32.1. The maximum atomic E-state index is 14.6. The van der Waals surface area contributed by atoms with E-state index in [9.17, 15) is 4.39 Å². The highest BCUT2D eigenvalue weighted by Gasteiger charge is 2.29. The van der Waals surface area contributed by atoms with Crippen molar-refractivity contribution in [1.82, 2.24) is 0 Å². The van der Waals surface area contributed by atoms with Crippen molar-refractivity contribution in [3.8, 4) is 23.0 Å². The Balaban J connectivity index is 0.00000480. The molecule has 0 aliphatic carbocycles. The van der Waals surface area contributed by atoms with Crippen molar-refractivity contribution in [2.75, 3.05) is 27.9 Å². The van der Waals surface area contributed by atoms with E-state index in [1.165, 1.54) is 28.5 Å². The van der Waals surface area contributed by atoms with Gasteiger partial charge in [-0.15, -0.1) is 0 Å². The highest BCUT2D eigenvalue weighted by molar-refractivity contribution is 6.31. The lowest BCUT2D eigenvalue weighted by Crippen LogP contribution is -3.00. The van der Waals surface area contributed by atoms with Crippen molar-refractivity contribution in [2.45, 2.75) is 58.6 Å². The average Bonchev–Trinajstić information content (AvgIpc) is 3.03. The molecule has 244 valence electrons. The first-order chi connectivity index (χ1) is 21.6. The Morgan fingerprint density at radius 1 is 0.826 bits per heavy atom. The van der Waals surface area contributed by atoms with Gasteiger partial charge in [0.15, 0.2) is 35.3 Å². The van der Waals surface area contributed by atoms with Gasteiger partial charge in [0.2, 0.25) is 0 Å². The van der Waals surface area contributed by atoms with E-state index in [2.05, 4.69) is 61.7 Å². The lowest BCUT2D eigenvalue weighted by atomic mass is 9.86. The summed E-state index contributed by atoms with van der Waals surface area (Å²) in [5.74, 6) is 2.20. The smallest absolute Gasteiger partial charge is 0.184 e. The van der Waals surface area contributed by atoms with Gasteiger partial charge in [-0.2, -0.15) is 0 Å². The van der Waals surface area contributed by atoms with Crippen LogP contribution in [0.1, 0.15) is 60.6 Å². The first-order valence-corrected chi connectivity index (χ1v) is 15.7. The van der Waals surface area contributed by atoms with E-state index >= 15 is 0 Å². The third-order valence-electron chi connectivity index (χ3n) is 8.49. The molecule has 5 rings (SSSR count). The minimum Gasteiger partial charge on any atom is -1.00 e. The number of nitrogens with zero attached hydrogens (tertiary/aromatic N) is 1. The molecule has 8 heteroatoms. The van der Waals surface area contributed by atoms with E-state index in [1.54, 1.807) is 33.5 Å². The standard InChI is InChI=1S/C38H42ClFNO4.ClH/c1-38(2,3)28-16-13-25(14-17-28)15-18-33-29-22-36(44-6)35(43-5)21-26(29)19-20-41(33)23-27-9-7-12-34(42-4)37(27)45-24-30-31(39)10-8-11-32(30)40;/h7-14,16-17,21-22H,15,18-20,23-24H2,1-6H3;1H/q+1;/p-1. The van der Waals surface area contributed by atoms with E-state index in [4.69, 9.17) is 30.5 Å². The molecule has 0 amide bonds. The zero-order valence-electron chi connectivity index (χ0n) is 27.4. The van der Waals surface area contributed by atoms with E-state index in [0.717, 1.165) is 42.7 Å². The Kier molecular flexibility index (Phi) is 11.6. The molecule has 0 atom stereocenters. The molecule has 0 bridgehead atoms. The molecule has 5 nitrogen and oxygen atoms in total. The Hall–Kier alpha value is -3.74. The van der Waals surface area contributed by atoms with E-state index in [0.29, 0.717) is 34.4 Å². The van der Waals surface area contributed by atoms with Crippen LogP contribution in [-0.2, 0) is 31.4 Å². The SMILES string of the molecule is COc1cc2c(cc1OC)C(CCc1ccc(C(C)(C)C)cc1)=[N+](Cc1cccc(OC)c1OCc1c(F)cccc1Cl)CC2.[Cl-]. The molecule has 4 aromatic rings. The number of benzene rings is 4. The van der Waals surface area contributed by atoms with Crippen LogP contribution in [0.15, 0.2) is 72.8 Å². The molecular formula is C38H42Cl2FNO4. The Labute approximate surface area is 283 Å². The maximum Gasteiger partial charge on any atom is 0.184 e. The number of ether oxygens (including phenoxy) is 4. The van der Waals surface area contributed by atoms with Crippen LogP contribution in [0.3, 0.4) is 0 Å². The van der Waals surface area contributed by atoms with Crippen LogP contribution in [0.5, 0.6) is 23.0 Å². The van der Waals surface area contributed by atoms with E-state index in [-0.39, 0.29) is 24.4 Å². The van der Waals surface area contributed by atoms with Gasteiger partial charge in [-0.05, 0) is 64.9 Å². The van der Waals surface area contributed by atoms with Gasteiger partial charge in [0.05, 0.1) is 31.9 Å². The van der Waals surface area contributed by atoms with Crippen molar-refractivity contribution in [3.63, 3.8) is 0 Å². The van der Waals surface area contributed by atoms with Gasteiger partial charge in [-0.25, -0.2) is 8.97 Å². The first-order valence-electron chi connectivity index (χ1n) is 15.3. The number of hydrogen-bond acceptors (Lipinski definition) is 4. The van der Waals surface area contributed by atoms with Gasteiger partial charge in [-0.1, -0.05) is 68.8 Å². The van der Waals surface area contributed by atoms with E-state index < -0.39 is 5.82 Å². The van der Waals surface area contributed by atoms with Gasteiger partial charge in [0, 0.05) is 24.0 Å². The summed E-state index contributed by atoms with van der Waals surface area (Å²) >= 11 is 6.31. The summed E-state index contributed by atoms with van der Waals surface area (Å²) in [6, 6.07) is 23.7.